The van der Waals surface area contributed by atoms with Gasteiger partial charge in [-0.25, -0.2) is 18.7 Å². The van der Waals surface area contributed by atoms with E-state index in [1.807, 2.05) is 0 Å². The molecule has 31 heavy (non-hydrogen) atoms. The van der Waals surface area contributed by atoms with Gasteiger partial charge in [0.1, 0.15) is 5.69 Å². The molecular weight excluding hydrogens is 427 g/mol. The molecule has 1 aliphatic rings. The van der Waals surface area contributed by atoms with Crippen LogP contribution in [0.2, 0.25) is 0 Å². The summed E-state index contributed by atoms with van der Waals surface area (Å²) in [7, 11) is 0. The van der Waals surface area contributed by atoms with Crippen LogP contribution < -0.4 is 4.74 Å². The van der Waals surface area contributed by atoms with Crippen LogP contribution >= 0.6 is 0 Å². The molecule has 0 fully saturated rings. The second-order valence-corrected chi connectivity index (χ2v) is 6.75. The zero-order valence-corrected chi connectivity index (χ0v) is 15.8. The highest BCUT2D eigenvalue weighted by atomic mass is 19.4. The minimum atomic E-state index is -5.10. The summed E-state index contributed by atoms with van der Waals surface area (Å²) < 4.78 is 70.0. The Morgan fingerprint density at radius 1 is 1.19 bits per heavy atom. The van der Waals surface area contributed by atoms with E-state index in [0.29, 0.717) is 11.4 Å². The number of alkyl halides is 3. The molecule has 1 aliphatic heterocycles. The molecule has 1 atom stereocenters. The Kier molecular flexibility index (Phi) is 5.03. The van der Waals surface area contributed by atoms with Crippen LogP contribution in [0.3, 0.4) is 0 Å². The third-order valence-electron chi connectivity index (χ3n) is 4.66. The van der Waals surface area contributed by atoms with E-state index in [1.54, 1.807) is 6.92 Å². The Morgan fingerprint density at radius 3 is 2.58 bits per heavy atom. The highest BCUT2D eigenvalue weighted by Crippen LogP contribution is 2.30. The van der Waals surface area contributed by atoms with Crippen LogP contribution in [0.25, 0.3) is 5.95 Å². The topological polar surface area (TPSA) is 86.0 Å². The Labute approximate surface area is 171 Å². The number of hydrogen-bond donors (Lipinski definition) is 0. The van der Waals surface area contributed by atoms with E-state index < -0.39 is 41.3 Å². The van der Waals surface area contributed by atoms with Crippen LogP contribution in [0.4, 0.5) is 22.0 Å². The van der Waals surface area contributed by atoms with E-state index in [0.717, 1.165) is 30.6 Å². The van der Waals surface area contributed by atoms with Gasteiger partial charge < -0.3 is 9.64 Å². The van der Waals surface area contributed by atoms with Gasteiger partial charge in [-0.3, -0.25) is 4.79 Å². The second-order valence-electron chi connectivity index (χ2n) is 6.75. The zero-order chi connectivity index (χ0) is 22.3. The lowest BCUT2D eigenvalue weighted by Gasteiger charge is -2.33. The van der Waals surface area contributed by atoms with E-state index in [-0.39, 0.29) is 18.9 Å². The van der Waals surface area contributed by atoms with Gasteiger partial charge in [0.25, 0.3) is 11.9 Å². The van der Waals surface area contributed by atoms with Gasteiger partial charge in [0.2, 0.25) is 0 Å². The van der Waals surface area contributed by atoms with Crippen molar-refractivity contribution in [2.75, 3.05) is 0 Å². The fraction of sp³-hybridized carbons (Fsp3) is 0.278. The molecule has 0 aliphatic carbocycles. The molecule has 0 spiro atoms. The molecule has 3 aromatic rings. The van der Waals surface area contributed by atoms with Crippen LogP contribution in [0, 0.1) is 11.6 Å². The predicted octanol–water partition coefficient (Wildman–Crippen LogP) is 2.82. The fourth-order valence-corrected chi connectivity index (χ4v) is 3.25. The van der Waals surface area contributed by atoms with Crippen molar-refractivity contribution < 1.29 is 31.5 Å². The summed E-state index contributed by atoms with van der Waals surface area (Å²) in [5.74, 6) is -3.86. The third kappa shape index (κ3) is 4.02. The van der Waals surface area contributed by atoms with Gasteiger partial charge in [0.15, 0.2) is 17.4 Å². The number of fused-ring (bicyclic) bond motifs is 1. The van der Waals surface area contributed by atoms with Crippen LogP contribution in [-0.2, 0) is 13.0 Å². The number of aromatic nitrogens is 5. The van der Waals surface area contributed by atoms with Crippen molar-refractivity contribution in [3.05, 3.63) is 59.2 Å². The Balaban J connectivity index is 1.61. The quantitative estimate of drug-likeness (QED) is 0.583. The largest absolute Gasteiger partial charge is 0.573 e. The maximum absolute atomic E-state index is 14.5. The van der Waals surface area contributed by atoms with Gasteiger partial charge in [-0.15, -0.1) is 18.3 Å². The average molecular weight is 440 g/mol. The van der Waals surface area contributed by atoms with Crippen LogP contribution in [-0.4, -0.2) is 48.2 Å². The lowest BCUT2D eigenvalue weighted by Crippen LogP contribution is -2.43. The van der Waals surface area contributed by atoms with Gasteiger partial charge in [-0.05, 0) is 19.1 Å². The molecule has 1 amide bonds. The van der Waals surface area contributed by atoms with Crippen molar-refractivity contribution in [3.8, 4) is 11.7 Å². The average Bonchev–Trinajstić information content (AvgIpc) is 3.11. The lowest BCUT2D eigenvalue weighted by molar-refractivity contribution is -0.275. The van der Waals surface area contributed by atoms with E-state index in [4.69, 9.17) is 0 Å². The summed E-state index contributed by atoms with van der Waals surface area (Å²) in [5, 5.41) is 7.92. The van der Waals surface area contributed by atoms with E-state index in [2.05, 4.69) is 25.0 Å². The van der Waals surface area contributed by atoms with Crippen LogP contribution in [0.5, 0.6) is 5.75 Å². The van der Waals surface area contributed by atoms with Crippen molar-refractivity contribution >= 4 is 5.91 Å². The van der Waals surface area contributed by atoms with Crippen molar-refractivity contribution in [2.45, 2.75) is 32.3 Å². The number of carbonyl (C=O) groups excluding carboxylic acids is 1. The fourth-order valence-electron chi connectivity index (χ4n) is 3.25. The second kappa shape index (κ2) is 7.56. The molecule has 8 nitrogen and oxygen atoms in total. The standard InChI is InChI=1S/C18H13F5N6O2/c1-9-5-13-12(26-27-29(13)17-24-6-10(19)7-25-17)8-28(9)16(30)11-3-2-4-14(15(11)20)31-18(21,22)23/h2-4,6-7,9H,5,8H2,1H3/t9-/m0/s1. The normalized spacial score (nSPS) is 16.2. The van der Waals surface area contributed by atoms with Crippen molar-refractivity contribution in [1.29, 1.82) is 0 Å². The van der Waals surface area contributed by atoms with Gasteiger partial charge in [0, 0.05) is 12.5 Å². The number of benzene rings is 1. The molecule has 162 valence electrons. The maximum atomic E-state index is 14.5. The highest BCUT2D eigenvalue weighted by molar-refractivity contribution is 5.95. The summed E-state index contributed by atoms with van der Waals surface area (Å²) in [6.45, 7) is 1.61. The molecule has 0 bridgehead atoms. The van der Waals surface area contributed by atoms with Crippen molar-refractivity contribution in [1.82, 2.24) is 29.9 Å². The summed E-state index contributed by atoms with van der Waals surface area (Å²) in [6.07, 6.45) is -2.93. The molecule has 0 unspecified atom stereocenters. The zero-order valence-electron chi connectivity index (χ0n) is 15.8. The van der Waals surface area contributed by atoms with E-state index in [9.17, 15) is 26.7 Å². The first-order valence-electron chi connectivity index (χ1n) is 8.90. The number of nitrogens with zero attached hydrogens (tertiary/aromatic N) is 6. The summed E-state index contributed by atoms with van der Waals surface area (Å²) >= 11 is 0. The van der Waals surface area contributed by atoms with E-state index in [1.165, 1.54) is 9.58 Å². The lowest BCUT2D eigenvalue weighted by atomic mass is 10.0. The number of rotatable bonds is 3. The molecule has 13 heteroatoms. The van der Waals surface area contributed by atoms with E-state index >= 15 is 0 Å². The molecular formula is C18H13F5N6O2. The first-order valence-corrected chi connectivity index (χ1v) is 8.90. The monoisotopic (exact) mass is 440 g/mol. The minimum absolute atomic E-state index is 0.0691. The number of carbonyl (C=O) groups is 1. The minimum Gasteiger partial charge on any atom is -0.403 e. The molecule has 3 heterocycles. The summed E-state index contributed by atoms with van der Waals surface area (Å²) in [4.78, 5) is 21.9. The Hall–Kier alpha value is -3.64. The SMILES string of the molecule is C[C@H]1Cc2c(nnn2-c2ncc(F)cn2)CN1C(=O)c1cccc(OC(F)(F)F)c1F. The Morgan fingerprint density at radius 2 is 1.90 bits per heavy atom. The molecule has 0 saturated heterocycles. The summed E-state index contributed by atoms with van der Waals surface area (Å²) in [6, 6.07) is 2.47. The van der Waals surface area contributed by atoms with Crippen molar-refractivity contribution in [2.24, 2.45) is 0 Å². The van der Waals surface area contributed by atoms with Crippen LogP contribution in [0.15, 0.2) is 30.6 Å². The van der Waals surface area contributed by atoms with Gasteiger partial charge in [0.05, 0.1) is 30.2 Å². The molecule has 0 N–H and O–H groups in total. The van der Waals surface area contributed by atoms with Crippen molar-refractivity contribution in [3.63, 3.8) is 0 Å². The number of amides is 1. The van der Waals surface area contributed by atoms with Gasteiger partial charge in [-0.2, -0.15) is 4.68 Å². The van der Waals surface area contributed by atoms with Gasteiger partial charge >= 0.3 is 6.36 Å². The smallest absolute Gasteiger partial charge is 0.403 e. The molecule has 1 aromatic carbocycles. The molecule has 0 radical (unpaired) electrons. The third-order valence-corrected chi connectivity index (χ3v) is 4.66. The van der Waals surface area contributed by atoms with Crippen LogP contribution in [0.1, 0.15) is 28.7 Å². The predicted molar refractivity (Wildman–Crippen MR) is 93.0 cm³/mol. The maximum Gasteiger partial charge on any atom is 0.573 e. The Bertz CT molecular complexity index is 1130. The first kappa shape index (κ1) is 20.6. The molecule has 4 rings (SSSR count). The molecule has 0 saturated carbocycles. The highest BCUT2D eigenvalue weighted by Gasteiger charge is 2.36. The number of ether oxygens (including phenoxy) is 1. The summed E-state index contributed by atoms with van der Waals surface area (Å²) in [5.41, 5.74) is 0.395. The molecule has 2 aromatic heterocycles. The number of halogens is 5. The van der Waals surface area contributed by atoms with Gasteiger partial charge in [-0.1, -0.05) is 11.3 Å². The number of hydrogen-bond acceptors (Lipinski definition) is 6. The first-order chi connectivity index (χ1) is 14.6.